The maximum atomic E-state index is 3.48. The molecule has 1 saturated carbocycles. The van der Waals surface area contributed by atoms with Gasteiger partial charge in [0, 0.05) is 19.1 Å². The van der Waals surface area contributed by atoms with E-state index in [0.717, 1.165) is 12.0 Å². The summed E-state index contributed by atoms with van der Waals surface area (Å²) in [5.74, 6) is 0.999. The summed E-state index contributed by atoms with van der Waals surface area (Å²) in [6.07, 6.45) is 8.76. The van der Waals surface area contributed by atoms with Crippen molar-refractivity contribution in [2.24, 2.45) is 5.92 Å². The molecule has 1 heterocycles. The summed E-state index contributed by atoms with van der Waals surface area (Å²) in [6.45, 7) is 7.37. The van der Waals surface area contributed by atoms with E-state index in [4.69, 9.17) is 0 Å². The van der Waals surface area contributed by atoms with Crippen molar-refractivity contribution < 1.29 is 0 Å². The quantitative estimate of drug-likeness (QED) is 0.765. The summed E-state index contributed by atoms with van der Waals surface area (Å²) in [5, 5.41) is 3.48. The Bertz CT molecular complexity index is 169. The normalized spacial score (nSPS) is 28.8. The molecule has 1 N–H and O–H groups in total. The average Bonchev–Trinajstić information content (AvgIpc) is 2.81. The number of nitrogens with one attached hydrogen (secondary N) is 1. The standard InChI is InChI=1S/C13H26N2/c1-2-15(13-8-9-14-10-13)11-12-6-4-3-5-7-12/h12-14H,2-11H2,1H3. The Balaban J connectivity index is 1.78. The van der Waals surface area contributed by atoms with Gasteiger partial charge in [0.1, 0.15) is 0 Å². The van der Waals surface area contributed by atoms with Gasteiger partial charge >= 0.3 is 0 Å². The molecule has 0 spiro atoms. The number of hydrogen-bond donors (Lipinski definition) is 1. The van der Waals surface area contributed by atoms with E-state index in [9.17, 15) is 0 Å². The summed E-state index contributed by atoms with van der Waals surface area (Å²) in [5.41, 5.74) is 0. The van der Waals surface area contributed by atoms with E-state index in [1.807, 2.05) is 0 Å². The van der Waals surface area contributed by atoms with Gasteiger partial charge in [0.15, 0.2) is 0 Å². The Hall–Kier alpha value is -0.0800. The van der Waals surface area contributed by atoms with Gasteiger partial charge in [-0.25, -0.2) is 0 Å². The van der Waals surface area contributed by atoms with E-state index >= 15 is 0 Å². The van der Waals surface area contributed by atoms with Crippen LogP contribution in [0.15, 0.2) is 0 Å². The van der Waals surface area contributed by atoms with Gasteiger partial charge < -0.3 is 5.32 Å². The smallest absolute Gasteiger partial charge is 0.0232 e. The van der Waals surface area contributed by atoms with E-state index in [1.54, 1.807) is 0 Å². The van der Waals surface area contributed by atoms with Crippen LogP contribution in [-0.2, 0) is 0 Å². The zero-order valence-corrected chi connectivity index (χ0v) is 10.2. The molecule has 1 aliphatic heterocycles. The highest BCUT2D eigenvalue weighted by atomic mass is 15.2. The molecule has 0 radical (unpaired) electrons. The van der Waals surface area contributed by atoms with Crippen LogP contribution in [0.1, 0.15) is 45.4 Å². The van der Waals surface area contributed by atoms with Crippen LogP contribution in [0.25, 0.3) is 0 Å². The van der Waals surface area contributed by atoms with E-state index in [-0.39, 0.29) is 0 Å². The Kier molecular flexibility index (Phi) is 4.45. The number of hydrogen-bond acceptors (Lipinski definition) is 2. The maximum absolute atomic E-state index is 3.48. The molecule has 1 aliphatic carbocycles. The zero-order valence-electron chi connectivity index (χ0n) is 10.2. The molecule has 2 fully saturated rings. The molecule has 2 rings (SSSR count). The van der Waals surface area contributed by atoms with E-state index in [0.29, 0.717) is 0 Å². The van der Waals surface area contributed by atoms with Crippen molar-refractivity contribution in [3.63, 3.8) is 0 Å². The first kappa shape index (κ1) is 11.4. The Morgan fingerprint density at radius 1 is 1.13 bits per heavy atom. The molecule has 2 nitrogen and oxygen atoms in total. The third-order valence-corrected chi connectivity index (χ3v) is 4.17. The minimum Gasteiger partial charge on any atom is -0.315 e. The lowest BCUT2D eigenvalue weighted by Gasteiger charge is -2.32. The lowest BCUT2D eigenvalue weighted by Crippen LogP contribution is -2.40. The molecule has 2 heteroatoms. The summed E-state index contributed by atoms with van der Waals surface area (Å²) >= 11 is 0. The predicted octanol–water partition coefficient (Wildman–Crippen LogP) is 2.25. The first-order valence-corrected chi connectivity index (χ1v) is 6.85. The predicted molar refractivity (Wildman–Crippen MR) is 65.1 cm³/mol. The van der Waals surface area contributed by atoms with Crippen LogP contribution in [0.3, 0.4) is 0 Å². The molecule has 0 bridgehead atoms. The van der Waals surface area contributed by atoms with Crippen molar-refractivity contribution in [2.75, 3.05) is 26.2 Å². The molecule has 0 aromatic carbocycles. The molecule has 0 aromatic heterocycles. The van der Waals surface area contributed by atoms with Crippen LogP contribution >= 0.6 is 0 Å². The fourth-order valence-corrected chi connectivity index (χ4v) is 3.19. The van der Waals surface area contributed by atoms with Crippen molar-refractivity contribution in [2.45, 2.75) is 51.5 Å². The van der Waals surface area contributed by atoms with Crippen molar-refractivity contribution in [3.8, 4) is 0 Å². The van der Waals surface area contributed by atoms with Gasteiger partial charge in [-0.05, 0) is 38.3 Å². The molecular weight excluding hydrogens is 184 g/mol. The van der Waals surface area contributed by atoms with Crippen LogP contribution in [-0.4, -0.2) is 37.1 Å². The second kappa shape index (κ2) is 5.86. The minimum atomic E-state index is 0.830. The molecule has 0 amide bonds. The molecule has 2 aliphatic rings. The molecule has 1 unspecified atom stereocenters. The first-order chi connectivity index (χ1) is 7.40. The molecule has 0 aromatic rings. The molecule has 1 saturated heterocycles. The van der Waals surface area contributed by atoms with Crippen molar-refractivity contribution >= 4 is 0 Å². The Morgan fingerprint density at radius 2 is 1.93 bits per heavy atom. The summed E-state index contributed by atoms with van der Waals surface area (Å²) in [7, 11) is 0. The van der Waals surface area contributed by atoms with Crippen LogP contribution in [0, 0.1) is 5.92 Å². The van der Waals surface area contributed by atoms with Gasteiger partial charge in [-0.2, -0.15) is 0 Å². The fraction of sp³-hybridized carbons (Fsp3) is 1.00. The van der Waals surface area contributed by atoms with E-state index in [1.165, 1.54) is 64.7 Å². The molecular formula is C13H26N2. The van der Waals surface area contributed by atoms with Crippen molar-refractivity contribution in [1.82, 2.24) is 10.2 Å². The Morgan fingerprint density at radius 3 is 2.53 bits per heavy atom. The van der Waals surface area contributed by atoms with Gasteiger partial charge in [-0.15, -0.1) is 0 Å². The average molecular weight is 210 g/mol. The number of nitrogens with zero attached hydrogens (tertiary/aromatic N) is 1. The van der Waals surface area contributed by atoms with Crippen LogP contribution < -0.4 is 5.32 Å². The minimum absolute atomic E-state index is 0.830. The monoisotopic (exact) mass is 210 g/mol. The maximum Gasteiger partial charge on any atom is 0.0232 e. The first-order valence-electron chi connectivity index (χ1n) is 6.85. The highest BCUT2D eigenvalue weighted by molar-refractivity contribution is 4.82. The van der Waals surface area contributed by atoms with Gasteiger partial charge in [0.25, 0.3) is 0 Å². The van der Waals surface area contributed by atoms with E-state index in [2.05, 4.69) is 17.1 Å². The van der Waals surface area contributed by atoms with Gasteiger partial charge in [-0.3, -0.25) is 4.90 Å². The fourth-order valence-electron chi connectivity index (χ4n) is 3.19. The second-order valence-corrected chi connectivity index (χ2v) is 5.24. The topological polar surface area (TPSA) is 15.3 Å². The highest BCUT2D eigenvalue weighted by Crippen LogP contribution is 2.25. The largest absolute Gasteiger partial charge is 0.315 e. The SMILES string of the molecule is CCN(CC1CCCCC1)C1CCNC1. The van der Waals surface area contributed by atoms with Crippen LogP contribution in [0.2, 0.25) is 0 Å². The summed E-state index contributed by atoms with van der Waals surface area (Å²) in [4.78, 5) is 2.72. The second-order valence-electron chi connectivity index (χ2n) is 5.24. The lowest BCUT2D eigenvalue weighted by molar-refractivity contribution is 0.164. The van der Waals surface area contributed by atoms with Gasteiger partial charge in [-0.1, -0.05) is 26.2 Å². The molecule has 15 heavy (non-hydrogen) atoms. The van der Waals surface area contributed by atoms with Gasteiger partial charge in [0.05, 0.1) is 0 Å². The third-order valence-electron chi connectivity index (χ3n) is 4.17. The van der Waals surface area contributed by atoms with Crippen LogP contribution in [0.4, 0.5) is 0 Å². The highest BCUT2D eigenvalue weighted by Gasteiger charge is 2.24. The van der Waals surface area contributed by atoms with Crippen molar-refractivity contribution in [3.05, 3.63) is 0 Å². The molecule has 88 valence electrons. The lowest BCUT2D eigenvalue weighted by atomic mass is 9.88. The summed E-state index contributed by atoms with van der Waals surface area (Å²) < 4.78 is 0. The van der Waals surface area contributed by atoms with Crippen LogP contribution in [0.5, 0.6) is 0 Å². The Labute approximate surface area is 94.4 Å². The van der Waals surface area contributed by atoms with Gasteiger partial charge in [0.2, 0.25) is 0 Å². The number of rotatable bonds is 4. The molecule has 1 atom stereocenters. The van der Waals surface area contributed by atoms with E-state index < -0.39 is 0 Å². The number of likely N-dealkylation sites (N-methyl/N-ethyl adjacent to an activating group) is 1. The summed E-state index contributed by atoms with van der Waals surface area (Å²) in [6, 6.07) is 0.830. The zero-order chi connectivity index (χ0) is 10.5. The third kappa shape index (κ3) is 3.18. The van der Waals surface area contributed by atoms with Crippen molar-refractivity contribution in [1.29, 1.82) is 0 Å².